The molecule has 0 aliphatic carbocycles. The average molecular weight is 238 g/mol. The van der Waals surface area contributed by atoms with Gasteiger partial charge in [-0.2, -0.15) is 0 Å². The molecule has 1 amide bonds. The molecule has 17 heavy (non-hydrogen) atoms. The van der Waals surface area contributed by atoms with Crippen LogP contribution in [0.5, 0.6) is 0 Å². The maximum Gasteiger partial charge on any atom is 0.246 e. The Morgan fingerprint density at radius 1 is 1.29 bits per heavy atom. The van der Waals surface area contributed by atoms with Crippen molar-refractivity contribution in [2.45, 2.75) is 52.7 Å². The quantitative estimate of drug-likeness (QED) is 0.703. The third-order valence-corrected chi connectivity index (χ3v) is 3.64. The van der Waals surface area contributed by atoms with E-state index >= 15 is 0 Å². The lowest BCUT2D eigenvalue weighted by atomic mass is 9.95. The Hall–Kier alpha value is -0.830. The Kier molecular flexibility index (Phi) is 4.75. The second-order valence-electron chi connectivity index (χ2n) is 5.65. The number of nitrogens with zero attached hydrogens (tertiary/aromatic N) is 2. The minimum Gasteiger partial charge on any atom is -0.336 e. The zero-order valence-electron chi connectivity index (χ0n) is 11.8. The van der Waals surface area contributed by atoms with Gasteiger partial charge in [-0.15, -0.1) is 0 Å². The molecule has 2 unspecified atom stereocenters. The van der Waals surface area contributed by atoms with Crippen LogP contribution in [0, 0.1) is 5.92 Å². The number of carbonyl (C=O) groups excluding carboxylic acids is 1. The molecule has 1 aliphatic heterocycles. The van der Waals surface area contributed by atoms with Gasteiger partial charge in [0.05, 0.1) is 0 Å². The molecule has 2 atom stereocenters. The first-order valence-corrected chi connectivity index (χ1v) is 6.57. The van der Waals surface area contributed by atoms with Crippen LogP contribution in [0.3, 0.4) is 0 Å². The van der Waals surface area contributed by atoms with Gasteiger partial charge < -0.3 is 4.90 Å². The van der Waals surface area contributed by atoms with Gasteiger partial charge in [0, 0.05) is 31.2 Å². The number of rotatable bonds is 3. The topological polar surface area (TPSA) is 23.6 Å². The highest BCUT2D eigenvalue weighted by atomic mass is 16.2. The first kappa shape index (κ1) is 14.2. The summed E-state index contributed by atoms with van der Waals surface area (Å²) >= 11 is 0. The summed E-state index contributed by atoms with van der Waals surface area (Å²) in [5, 5.41) is 0. The zero-order valence-corrected chi connectivity index (χ0v) is 11.8. The summed E-state index contributed by atoms with van der Waals surface area (Å²) in [6.45, 7) is 16.4. The van der Waals surface area contributed by atoms with Crippen LogP contribution >= 0.6 is 0 Å². The molecule has 0 aromatic heterocycles. The van der Waals surface area contributed by atoms with Crippen molar-refractivity contribution < 1.29 is 4.79 Å². The van der Waals surface area contributed by atoms with Crippen molar-refractivity contribution in [2.75, 3.05) is 13.1 Å². The third-order valence-electron chi connectivity index (χ3n) is 3.64. The van der Waals surface area contributed by atoms with E-state index in [2.05, 4.69) is 46.1 Å². The number of carbonyl (C=O) groups is 1. The molecule has 0 bridgehead atoms. The van der Waals surface area contributed by atoms with Crippen LogP contribution in [-0.4, -0.2) is 46.9 Å². The van der Waals surface area contributed by atoms with Crippen LogP contribution in [0.1, 0.15) is 34.6 Å². The maximum atomic E-state index is 11.7. The highest BCUT2D eigenvalue weighted by Crippen LogP contribution is 2.24. The van der Waals surface area contributed by atoms with Gasteiger partial charge in [-0.05, 0) is 32.8 Å². The van der Waals surface area contributed by atoms with Gasteiger partial charge in [0.25, 0.3) is 0 Å². The van der Waals surface area contributed by atoms with E-state index in [0.717, 1.165) is 13.1 Å². The molecule has 0 N–H and O–H groups in total. The summed E-state index contributed by atoms with van der Waals surface area (Å²) in [7, 11) is 0. The van der Waals surface area contributed by atoms with Crippen LogP contribution in [0.4, 0.5) is 0 Å². The lowest BCUT2D eigenvalue weighted by Crippen LogP contribution is -2.62. The fourth-order valence-corrected chi connectivity index (χ4v) is 2.89. The number of hydrogen-bond donors (Lipinski definition) is 0. The largest absolute Gasteiger partial charge is 0.336 e. The third kappa shape index (κ3) is 3.09. The molecule has 1 fully saturated rings. The van der Waals surface area contributed by atoms with Crippen LogP contribution < -0.4 is 0 Å². The van der Waals surface area contributed by atoms with Crippen molar-refractivity contribution in [2.24, 2.45) is 5.92 Å². The van der Waals surface area contributed by atoms with E-state index in [-0.39, 0.29) is 5.91 Å². The van der Waals surface area contributed by atoms with E-state index in [1.807, 2.05) is 4.90 Å². The summed E-state index contributed by atoms with van der Waals surface area (Å²) in [6.07, 6.45) is 1.43. The van der Waals surface area contributed by atoms with E-state index in [0.29, 0.717) is 24.0 Å². The Labute approximate surface area is 105 Å². The first-order chi connectivity index (χ1) is 7.88. The van der Waals surface area contributed by atoms with Crippen LogP contribution in [-0.2, 0) is 4.79 Å². The van der Waals surface area contributed by atoms with E-state index < -0.39 is 0 Å². The summed E-state index contributed by atoms with van der Waals surface area (Å²) in [4.78, 5) is 16.2. The van der Waals surface area contributed by atoms with Gasteiger partial charge in [-0.25, -0.2) is 0 Å². The molecule has 1 rings (SSSR count). The summed E-state index contributed by atoms with van der Waals surface area (Å²) in [5.74, 6) is 0.617. The highest BCUT2D eigenvalue weighted by molar-refractivity contribution is 5.87. The molecule has 1 heterocycles. The molecule has 0 radical (unpaired) electrons. The SMILES string of the molecule is C=CC(=O)N1CC(C)N(C(C)C)C(C(C)C)C1. The molecule has 1 aliphatic rings. The fraction of sp³-hybridized carbons (Fsp3) is 0.786. The Balaban J connectivity index is 2.87. The van der Waals surface area contributed by atoms with Crippen LogP contribution in [0.25, 0.3) is 0 Å². The molecule has 98 valence electrons. The highest BCUT2D eigenvalue weighted by Gasteiger charge is 2.36. The van der Waals surface area contributed by atoms with Crippen molar-refractivity contribution in [3.63, 3.8) is 0 Å². The molecular formula is C14H26N2O. The monoisotopic (exact) mass is 238 g/mol. The lowest BCUT2D eigenvalue weighted by Gasteiger charge is -2.49. The zero-order chi connectivity index (χ0) is 13.2. The molecule has 1 saturated heterocycles. The van der Waals surface area contributed by atoms with E-state index in [1.165, 1.54) is 6.08 Å². The van der Waals surface area contributed by atoms with Gasteiger partial charge >= 0.3 is 0 Å². The number of hydrogen-bond acceptors (Lipinski definition) is 2. The smallest absolute Gasteiger partial charge is 0.246 e. The predicted molar refractivity (Wildman–Crippen MR) is 71.8 cm³/mol. The van der Waals surface area contributed by atoms with Crippen molar-refractivity contribution in [3.8, 4) is 0 Å². The van der Waals surface area contributed by atoms with Gasteiger partial charge in [-0.1, -0.05) is 20.4 Å². The number of amides is 1. The molecule has 0 aromatic carbocycles. The first-order valence-electron chi connectivity index (χ1n) is 6.57. The maximum absolute atomic E-state index is 11.7. The Morgan fingerprint density at radius 2 is 1.88 bits per heavy atom. The van der Waals surface area contributed by atoms with E-state index in [1.54, 1.807) is 0 Å². The summed E-state index contributed by atoms with van der Waals surface area (Å²) < 4.78 is 0. The van der Waals surface area contributed by atoms with Crippen LogP contribution in [0.15, 0.2) is 12.7 Å². The second-order valence-corrected chi connectivity index (χ2v) is 5.65. The molecule has 0 saturated carbocycles. The predicted octanol–water partition coefficient (Wildman–Crippen LogP) is 2.14. The van der Waals surface area contributed by atoms with Gasteiger partial charge in [-0.3, -0.25) is 9.69 Å². The number of piperazine rings is 1. The average Bonchev–Trinajstić information content (AvgIpc) is 2.26. The van der Waals surface area contributed by atoms with Gasteiger partial charge in [0.15, 0.2) is 0 Å². The summed E-state index contributed by atoms with van der Waals surface area (Å²) in [6, 6.07) is 1.39. The standard InChI is InChI=1S/C14H26N2O/c1-7-14(17)15-8-12(6)16(11(4)5)13(9-15)10(2)3/h7,10-13H,1,8-9H2,2-6H3. The molecule has 3 nitrogen and oxygen atoms in total. The van der Waals surface area contributed by atoms with Crippen molar-refractivity contribution in [3.05, 3.63) is 12.7 Å². The second kappa shape index (κ2) is 5.67. The molecule has 0 aromatic rings. The summed E-state index contributed by atoms with van der Waals surface area (Å²) in [5.41, 5.74) is 0. The normalized spacial score (nSPS) is 26.6. The van der Waals surface area contributed by atoms with Crippen molar-refractivity contribution >= 4 is 5.91 Å². The van der Waals surface area contributed by atoms with E-state index in [4.69, 9.17) is 0 Å². The van der Waals surface area contributed by atoms with Crippen molar-refractivity contribution in [1.82, 2.24) is 9.80 Å². The molecule has 3 heteroatoms. The molecule has 0 spiro atoms. The Morgan fingerprint density at radius 3 is 2.29 bits per heavy atom. The van der Waals surface area contributed by atoms with Gasteiger partial charge in [0.2, 0.25) is 5.91 Å². The van der Waals surface area contributed by atoms with Crippen molar-refractivity contribution in [1.29, 1.82) is 0 Å². The minimum absolute atomic E-state index is 0.0610. The van der Waals surface area contributed by atoms with E-state index in [9.17, 15) is 4.79 Å². The molecular weight excluding hydrogens is 212 g/mol. The Bertz CT molecular complexity index is 286. The lowest BCUT2D eigenvalue weighted by molar-refractivity contribution is -0.132. The van der Waals surface area contributed by atoms with Crippen LogP contribution in [0.2, 0.25) is 0 Å². The minimum atomic E-state index is 0.0610. The van der Waals surface area contributed by atoms with Gasteiger partial charge in [0.1, 0.15) is 0 Å². The fourth-order valence-electron chi connectivity index (χ4n) is 2.89.